The molecule has 0 aromatic heterocycles. The molecular formula is C12H24N2O. The van der Waals surface area contributed by atoms with Crippen LogP contribution in [0.3, 0.4) is 0 Å². The van der Waals surface area contributed by atoms with Crippen molar-refractivity contribution >= 4 is 0 Å². The third kappa shape index (κ3) is 1.93. The van der Waals surface area contributed by atoms with Crippen molar-refractivity contribution in [3.05, 3.63) is 0 Å². The van der Waals surface area contributed by atoms with Crippen LogP contribution in [0.4, 0.5) is 0 Å². The Labute approximate surface area is 93.2 Å². The Kier molecular flexibility index (Phi) is 3.33. The first-order chi connectivity index (χ1) is 7.17. The van der Waals surface area contributed by atoms with Gasteiger partial charge in [0.05, 0.1) is 13.2 Å². The Bertz CT molecular complexity index is 208. The summed E-state index contributed by atoms with van der Waals surface area (Å²) >= 11 is 0. The molecule has 0 spiro atoms. The van der Waals surface area contributed by atoms with Gasteiger partial charge in [0.15, 0.2) is 0 Å². The van der Waals surface area contributed by atoms with Crippen LogP contribution in [0.2, 0.25) is 0 Å². The van der Waals surface area contributed by atoms with Gasteiger partial charge in [-0.15, -0.1) is 0 Å². The minimum atomic E-state index is 0.414. The highest BCUT2D eigenvalue weighted by Gasteiger charge is 2.48. The van der Waals surface area contributed by atoms with Crippen LogP contribution in [-0.2, 0) is 4.74 Å². The van der Waals surface area contributed by atoms with Crippen LogP contribution in [0.25, 0.3) is 0 Å². The summed E-state index contributed by atoms with van der Waals surface area (Å²) < 4.78 is 5.47. The van der Waals surface area contributed by atoms with E-state index in [0.29, 0.717) is 11.5 Å². The van der Waals surface area contributed by atoms with E-state index >= 15 is 0 Å². The van der Waals surface area contributed by atoms with Gasteiger partial charge in [-0.1, -0.05) is 13.8 Å². The van der Waals surface area contributed by atoms with Crippen LogP contribution in [0.1, 0.15) is 20.8 Å². The minimum Gasteiger partial charge on any atom is -0.380 e. The van der Waals surface area contributed by atoms with E-state index in [-0.39, 0.29) is 0 Å². The number of nitrogens with zero attached hydrogens (tertiary/aromatic N) is 1. The van der Waals surface area contributed by atoms with Crippen molar-refractivity contribution in [2.24, 2.45) is 11.3 Å². The normalized spacial score (nSPS) is 28.8. The van der Waals surface area contributed by atoms with Gasteiger partial charge in [0, 0.05) is 37.6 Å². The number of hydrogen-bond donors (Lipinski definition) is 1. The van der Waals surface area contributed by atoms with Crippen molar-refractivity contribution in [1.82, 2.24) is 10.2 Å². The van der Waals surface area contributed by atoms with E-state index in [2.05, 4.69) is 31.0 Å². The first-order valence-electron chi connectivity index (χ1n) is 6.19. The molecule has 2 fully saturated rings. The third-order valence-corrected chi connectivity index (χ3v) is 4.42. The van der Waals surface area contributed by atoms with E-state index in [1.807, 2.05) is 0 Å². The Morgan fingerprint density at radius 1 is 1.13 bits per heavy atom. The van der Waals surface area contributed by atoms with Gasteiger partial charge in [-0.05, 0) is 12.8 Å². The smallest absolute Gasteiger partial charge is 0.0562 e. The fourth-order valence-electron chi connectivity index (χ4n) is 2.83. The minimum absolute atomic E-state index is 0.414. The molecule has 3 heteroatoms. The molecule has 0 radical (unpaired) electrons. The standard InChI is InChI=1S/C12H24N2O/c1-10(2)12(8-15-9-12)11(3)14-6-4-13-5-7-14/h10-11,13H,4-9H2,1-3H3. The molecule has 0 aromatic carbocycles. The van der Waals surface area contributed by atoms with Gasteiger partial charge in [-0.25, -0.2) is 0 Å². The molecule has 2 aliphatic heterocycles. The number of hydrogen-bond acceptors (Lipinski definition) is 3. The number of rotatable bonds is 3. The highest BCUT2D eigenvalue weighted by atomic mass is 16.5. The fourth-order valence-corrected chi connectivity index (χ4v) is 2.83. The van der Waals surface area contributed by atoms with Crippen molar-refractivity contribution in [2.45, 2.75) is 26.8 Å². The van der Waals surface area contributed by atoms with Gasteiger partial charge in [0.1, 0.15) is 0 Å². The Hall–Kier alpha value is -0.120. The van der Waals surface area contributed by atoms with Crippen molar-refractivity contribution in [3.8, 4) is 0 Å². The van der Waals surface area contributed by atoms with E-state index in [1.165, 1.54) is 13.1 Å². The Morgan fingerprint density at radius 3 is 2.13 bits per heavy atom. The summed E-state index contributed by atoms with van der Waals surface area (Å²) in [6.45, 7) is 13.6. The summed E-state index contributed by atoms with van der Waals surface area (Å²) in [7, 11) is 0. The first kappa shape index (κ1) is 11.4. The van der Waals surface area contributed by atoms with Gasteiger partial charge in [0.25, 0.3) is 0 Å². The number of piperazine rings is 1. The fraction of sp³-hybridized carbons (Fsp3) is 1.00. The zero-order chi connectivity index (χ0) is 10.9. The molecule has 2 rings (SSSR count). The number of ether oxygens (including phenoxy) is 1. The molecule has 88 valence electrons. The van der Waals surface area contributed by atoms with E-state index in [0.717, 1.165) is 32.2 Å². The van der Waals surface area contributed by atoms with Crippen LogP contribution in [-0.4, -0.2) is 50.3 Å². The maximum absolute atomic E-state index is 5.47. The topological polar surface area (TPSA) is 24.5 Å². The summed E-state index contributed by atoms with van der Waals surface area (Å²) in [5.74, 6) is 0.719. The second kappa shape index (κ2) is 4.40. The molecule has 0 bridgehead atoms. The van der Waals surface area contributed by atoms with Crippen molar-refractivity contribution in [1.29, 1.82) is 0 Å². The molecule has 0 aromatic rings. The van der Waals surface area contributed by atoms with Gasteiger partial charge < -0.3 is 10.1 Å². The largest absolute Gasteiger partial charge is 0.380 e. The lowest BCUT2D eigenvalue weighted by atomic mass is 9.69. The maximum Gasteiger partial charge on any atom is 0.0562 e. The van der Waals surface area contributed by atoms with Crippen molar-refractivity contribution in [3.63, 3.8) is 0 Å². The summed E-state index contributed by atoms with van der Waals surface area (Å²) in [5, 5.41) is 3.41. The average molecular weight is 212 g/mol. The van der Waals surface area contributed by atoms with Gasteiger partial charge >= 0.3 is 0 Å². The molecule has 2 saturated heterocycles. The molecular weight excluding hydrogens is 188 g/mol. The summed E-state index contributed by atoms with van der Waals surface area (Å²) in [6, 6.07) is 0.661. The van der Waals surface area contributed by atoms with Crippen LogP contribution >= 0.6 is 0 Å². The summed E-state index contributed by atoms with van der Waals surface area (Å²) in [6.07, 6.45) is 0. The Balaban J connectivity index is 2.00. The number of nitrogens with one attached hydrogen (secondary N) is 1. The molecule has 2 heterocycles. The molecule has 3 nitrogen and oxygen atoms in total. The lowest BCUT2D eigenvalue weighted by Crippen LogP contribution is -2.62. The second-order valence-corrected chi connectivity index (χ2v) is 5.34. The molecule has 1 N–H and O–H groups in total. The SMILES string of the molecule is CC(C)C1(C(C)N2CCNCC2)COC1. The molecule has 0 aliphatic carbocycles. The van der Waals surface area contributed by atoms with E-state index in [1.54, 1.807) is 0 Å². The summed E-state index contributed by atoms with van der Waals surface area (Å²) in [4.78, 5) is 2.62. The predicted octanol–water partition coefficient (Wildman–Crippen LogP) is 0.953. The molecule has 1 atom stereocenters. The van der Waals surface area contributed by atoms with Gasteiger partial charge in [-0.3, -0.25) is 4.90 Å². The highest BCUT2D eigenvalue weighted by molar-refractivity contribution is 4.98. The molecule has 1 unspecified atom stereocenters. The highest BCUT2D eigenvalue weighted by Crippen LogP contribution is 2.41. The average Bonchev–Trinajstić information content (AvgIpc) is 2.16. The molecule has 0 saturated carbocycles. The van der Waals surface area contributed by atoms with E-state index < -0.39 is 0 Å². The maximum atomic E-state index is 5.47. The Morgan fingerprint density at radius 2 is 1.73 bits per heavy atom. The van der Waals surface area contributed by atoms with E-state index in [9.17, 15) is 0 Å². The zero-order valence-corrected chi connectivity index (χ0v) is 10.3. The van der Waals surface area contributed by atoms with Crippen molar-refractivity contribution < 1.29 is 4.74 Å². The molecule has 15 heavy (non-hydrogen) atoms. The van der Waals surface area contributed by atoms with Crippen LogP contribution in [0, 0.1) is 11.3 Å². The lowest BCUT2D eigenvalue weighted by molar-refractivity contribution is -0.176. The predicted molar refractivity (Wildman–Crippen MR) is 62.0 cm³/mol. The van der Waals surface area contributed by atoms with Gasteiger partial charge in [-0.2, -0.15) is 0 Å². The first-order valence-corrected chi connectivity index (χ1v) is 6.19. The lowest BCUT2D eigenvalue weighted by Gasteiger charge is -2.53. The quantitative estimate of drug-likeness (QED) is 0.754. The van der Waals surface area contributed by atoms with Crippen LogP contribution in [0.5, 0.6) is 0 Å². The summed E-state index contributed by atoms with van der Waals surface area (Å²) in [5.41, 5.74) is 0.414. The second-order valence-electron chi connectivity index (χ2n) is 5.34. The molecule has 2 aliphatic rings. The van der Waals surface area contributed by atoms with Crippen LogP contribution in [0.15, 0.2) is 0 Å². The zero-order valence-electron chi connectivity index (χ0n) is 10.3. The monoisotopic (exact) mass is 212 g/mol. The van der Waals surface area contributed by atoms with E-state index in [4.69, 9.17) is 4.74 Å². The van der Waals surface area contributed by atoms with Gasteiger partial charge in [0.2, 0.25) is 0 Å². The molecule has 0 amide bonds. The van der Waals surface area contributed by atoms with Crippen LogP contribution < -0.4 is 5.32 Å². The third-order valence-electron chi connectivity index (χ3n) is 4.42. The van der Waals surface area contributed by atoms with Crippen molar-refractivity contribution in [2.75, 3.05) is 39.4 Å².